The molecule has 0 unspecified atom stereocenters. The number of nitrogen functional groups attached to an aromatic ring is 2. The molecule has 8 heterocycles. The quantitative estimate of drug-likeness (QED) is 0.0634. The molecule has 0 aliphatic rings. The normalized spacial score (nSPS) is 10.7. The summed E-state index contributed by atoms with van der Waals surface area (Å²) in [6, 6.07) is 20.6. The first kappa shape index (κ1) is 58.3. The second-order valence-electron chi connectivity index (χ2n) is 17.0. The van der Waals surface area contributed by atoms with Crippen molar-refractivity contribution < 1.29 is 0 Å². The molecule has 0 amide bonds. The van der Waals surface area contributed by atoms with E-state index in [0.717, 1.165) is 16.7 Å². The summed E-state index contributed by atoms with van der Waals surface area (Å²) >= 11 is 54.9. The highest BCUT2D eigenvalue weighted by Gasteiger charge is 2.21. The number of benzene rings is 4. The van der Waals surface area contributed by atoms with Gasteiger partial charge in [-0.2, -0.15) is 0 Å². The lowest BCUT2D eigenvalue weighted by atomic mass is 10.0. The van der Waals surface area contributed by atoms with Crippen molar-refractivity contribution >= 4 is 161 Å². The minimum atomic E-state index is 0.172. The molecular formula is C56H32Cl9N17. The Balaban J connectivity index is 0.000000132. The summed E-state index contributed by atoms with van der Waals surface area (Å²) in [7, 11) is 0. The number of hydrogen-bond donors (Lipinski definition) is 3. The Morgan fingerprint density at radius 2 is 0.780 bits per heavy atom. The molecule has 0 aliphatic carbocycles. The van der Waals surface area contributed by atoms with Crippen LogP contribution in [0.4, 0.5) is 34.1 Å². The van der Waals surface area contributed by atoms with Gasteiger partial charge in [-0.25, -0.2) is 34.5 Å². The lowest BCUT2D eigenvalue weighted by Gasteiger charge is -2.14. The predicted molar refractivity (Wildman–Crippen MR) is 332 cm³/mol. The second kappa shape index (κ2) is 25.2. The zero-order chi connectivity index (χ0) is 58.5. The number of nitrogens with zero attached hydrogens (tertiary/aromatic N) is 14. The zero-order valence-electron chi connectivity index (χ0n) is 41.5. The van der Waals surface area contributed by atoms with E-state index in [2.05, 4.69) is 44.5 Å². The predicted octanol–water partition coefficient (Wildman–Crippen LogP) is 19.1. The van der Waals surface area contributed by atoms with Gasteiger partial charge in [0.2, 0.25) is 17.1 Å². The number of hydrogen-bond acceptors (Lipinski definition) is 8. The first-order valence-electron chi connectivity index (χ1n) is 23.3. The van der Waals surface area contributed by atoms with Crippen LogP contribution in [0.15, 0.2) is 152 Å². The average Bonchev–Trinajstić information content (AvgIpc) is 4.40. The maximum absolute atomic E-state index is 8.76. The molecule has 26 heteroatoms. The Hall–Kier alpha value is -8.41. The number of rotatable bonds is 6. The molecule has 0 saturated carbocycles. The van der Waals surface area contributed by atoms with Gasteiger partial charge in [0.1, 0.15) is 16.9 Å². The van der Waals surface area contributed by atoms with Gasteiger partial charge in [-0.1, -0.05) is 134 Å². The standard InChI is InChI=1S/C14H6Cl3N3.C14H6Cl2N6.C14H8Cl2N4.C14H12Cl2N4/c1-18-13-10(9-3-2-8(15)6-11(9)16)7-20-5-4-19-14(20)12(13)17;1-18-12-10(9-3-2-8(15)6-11(9)16)7-22-5-4-19-14(22)13(12)20-21-17;1-18-13-10(9-3-2-8(15)6-11(9)16)7-20-5-4-19-14(20)12(13)17;15-8-1-2-9(12(16)5-8)11-7-20-4-3-19-14(20)13(18)10(11)6-17/h2-7H;2-7H;2-7H,17H2;1-5,7H,6,17-18H2. The van der Waals surface area contributed by atoms with Gasteiger partial charge < -0.3 is 34.8 Å². The number of anilines is 2. The Bertz CT molecular complexity index is 4530. The van der Waals surface area contributed by atoms with Crippen molar-refractivity contribution in [2.45, 2.75) is 6.54 Å². The van der Waals surface area contributed by atoms with Crippen LogP contribution in [0.3, 0.4) is 0 Å². The molecule has 17 nitrogen and oxygen atoms in total. The zero-order valence-corrected chi connectivity index (χ0v) is 48.3. The highest BCUT2D eigenvalue weighted by atomic mass is 35.5. The molecule has 0 spiro atoms. The largest absolute Gasteiger partial charge is 0.404 e. The third-order valence-electron chi connectivity index (χ3n) is 12.3. The topological polar surface area (TPSA) is 209 Å². The molecule has 0 radical (unpaired) electrons. The van der Waals surface area contributed by atoms with Crippen molar-refractivity contribution in [3.63, 3.8) is 0 Å². The Kier molecular flexibility index (Phi) is 17.9. The summed E-state index contributed by atoms with van der Waals surface area (Å²) in [5.74, 6) is 0. The highest BCUT2D eigenvalue weighted by Crippen LogP contribution is 2.46. The first-order valence-corrected chi connectivity index (χ1v) is 26.7. The summed E-state index contributed by atoms with van der Waals surface area (Å²) in [4.78, 5) is 29.9. The smallest absolute Gasteiger partial charge is 0.222 e. The number of imidazole rings is 4. The van der Waals surface area contributed by atoms with E-state index < -0.39 is 0 Å². The lowest BCUT2D eigenvalue weighted by Crippen LogP contribution is -2.07. The third-order valence-corrected chi connectivity index (χ3v) is 14.8. The van der Waals surface area contributed by atoms with Crippen molar-refractivity contribution in [2.24, 2.45) is 10.8 Å². The summed E-state index contributed by atoms with van der Waals surface area (Å²) < 4.78 is 7.06. The molecule has 6 N–H and O–H groups in total. The van der Waals surface area contributed by atoms with Crippen LogP contribution in [-0.4, -0.2) is 37.5 Å². The van der Waals surface area contributed by atoms with Crippen LogP contribution < -0.4 is 17.2 Å². The van der Waals surface area contributed by atoms with Gasteiger partial charge >= 0.3 is 0 Å². The number of halogens is 9. The van der Waals surface area contributed by atoms with E-state index in [9.17, 15) is 0 Å². The van der Waals surface area contributed by atoms with Gasteiger partial charge in [0.15, 0.2) is 5.65 Å². The number of aromatic nitrogens is 8. The van der Waals surface area contributed by atoms with Crippen LogP contribution >= 0.6 is 104 Å². The van der Waals surface area contributed by atoms with E-state index in [1.165, 1.54) is 0 Å². The van der Waals surface area contributed by atoms with Gasteiger partial charge in [0, 0.05) is 159 Å². The molecule has 8 aromatic heterocycles. The molecule has 0 aliphatic heterocycles. The molecule has 0 bridgehead atoms. The minimum Gasteiger partial charge on any atom is -0.404 e. The van der Waals surface area contributed by atoms with E-state index in [1.807, 2.05) is 22.9 Å². The summed E-state index contributed by atoms with van der Waals surface area (Å²) in [5.41, 5.74) is 37.4. The van der Waals surface area contributed by atoms with Crippen molar-refractivity contribution in [1.82, 2.24) is 37.5 Å². The summed E-state index contributed by atoms with van der Waals surface area (Å²) in [6.45, 7) is 22.4. The SMILES string of the molecule is NCc1c(-c2ccc(Cl)cc2Cl)cn2ccnc2c1N.[C-]#[N+]c1c(-c2ccc(Cl)cc2Cl)cn2ccnc2c1Cl.[C-]#[N+]c1c(-c2ccc(Cl)cc2Cl)cn2ccnc2c1N.[C-]#[N+]c1c(-c2ccc(Cl)cc2Cl)cn2ccnc2c1N=[N+]=[N-]. The van der Waals surface area contributed by atoms with Crippen LogP contribution in [0.25, 0.3) is 92.1 Å². The number of pyridine rings is 4. The fourth-order valence-electron chi connectivity index (χ4n) is 8.60. The molecule has 0 atom stereocenters. The molecule has 4 aromatic carbocycles. The van der Waals surface area contributed by atoms with Crippen LogP contribution in [0.1, 0.15) is 5.56 Å². The number of fused-ring (bicyclic) bond motifs is 4. The van der Waals surface area contributed by atoms with Crippen LogP contribution in [0.5, 0.6) is 0 Å². The van der Waals surface area contributed by atoms with Gasteiger partial charge in [-0.3, -0.25) is 0 Å². The minimum absolute atomic E-state index is 0.172. The van der Waals surface area contributed by atoms with Gasteiger partial charge in [-0.15, -0.1) is 0 Å². The Labute approximate surface area is 510 Å². The van der Waals surface area contributed by atoms with Gasteiger partial charge in [0.25, 0.3) is 0 Å². The van der Waals surface area contributed by atoms with Crippen molar-refractivity contribution in [3.8, 4) is 44.5 Å². The van der Waals surface area contributed by atoms with Gasteiger partial charge in [0.05, 0.1) is 41.8 Å². The summed E-state index contributed by atoms with van der Waals surface area (Å²) in [6.07, 6.45) is 20.8. The maximum Gasteiger partial charge on any atom is 0.222 e. The lowest BCUT2D eigenvalue weighted by molar-refractivity contribution is 1.06. The number of azide groups is 1. The van der Waals surface area contributed by atoms with E-state index in [4.69, 9.17) is 147 Å². The highest BCUT2D eigenvalue weighted by molar-refractivity contribution is 6.40. The fourth-order valence-corrected chi connectivity index (χ4v) is 10.9. The Morgan fingerprint density at radius 3 is 1.18 bits per heavy atom. The van der Waals surface area contributed by atoms with Crippen molar-refractivity contribution in [1.29, 1.82) is 0 Å². The first-order chi connectivity index (χ1) is 39.5. The van der Waals surface area contributed by atoms with E-state index in [0.29, 0.717) is 130 Å². The van der Waals surface area contributed by atoms with Crippen molar-refractivity contribution in [3.05, 3.63) is 243 Å². The molecule has 0 saturated heterocycles. The van der Waals surface area contributed by atoms with E-state index in [1.54, 1.807) is 142 Å². The van der Waals surface area contributed by atoms with Crippen LogP contribution in [-0.2, 0) is 6.54 Å². The molecule has 12 aromatic rings. The van der Waals surface area contributed by atoms with Gasteiger partial charge in [-0.05, 0) is 70.8 Å². The molecule has 404 valence electrons. The second-order valence-corrected chi connectivity index (χ2v) is 20.8. The number of nitrogens with two attached hydrogens (primary N) is 3. The maximum atomic E-state index is 8.76. The third kappa shape index (κ3) is 11.7. The molecule has 12 rings (SSSR count). The molecule has 82 heavy (non-hydrogen) atoms. The molecular weight excluding hydrogens is 1230 g/mol. The molecule has 0 fully saturated rings. The Morgan fingerprint density at radius 1 is 0.439 bits per heavy atom. The van der Waals surface area contributed by atoms with Crippen LogP contribution in [0, 0.1) is 19.7 Å². The van der Waals surface area contributed by atoms with E-state index >= 15 is 0 Å². The van der Waals surface area contributed by atoms with Crippen LogP contribution in [0.2, 0.25) is 45.2 Å². The average molecular weight is 1260 g/mol. The fraction of sp³-hybridized carbons (Fsp3) is 0.0179. The van der Waals surface area contributed by atoms with Crippen molar-refractivity contribution in [2.75, 3.05) is 11.5 Å². The monoisotopic (exact) mass is 1260 g/mol. The van der Waals surface area contributed by atoms with E-state index in [-0.39, 0.29) is 11.4 Å². The summed E-state index contributed by atoms with van der Waals surface area (Å²) in [5, 5.41) is 8.02.